The molecule has 0 spiro atoms. The molecule has 0 bridgehead atoms. The molecule has 0 radical (unpaired) electrons. The van der Waals surface area contributed by atoms with Crippen LogP contribution in [0.25, 0.3) is 0 Å². The van der Waals surface area contributed by atoms with E-state index in [0.29, 0.717) is 30.4 Å². The number of benzene rings is 1. The fourth-order valence-corrected chi connectivity index (χ4v) is 5.32. The first-order valence-corrected chi connectivity index (χ1v) is 10.8. The van der Waals surface area contributed by atoms with Gasteiger partial charge in [0.1, 0.15) is 0 Å². The SMILES string of the molecule is CCCC(O)c1ccc(C2CCC(C3CCC(CO)CC3)CC2)c(F)c1F. The van der Waals surface area contributed by atoms with E-state index in [-0.39, 0.29) is 11.5 Å². The van der Waals surface area contributed by atoms with Crippen LogP contribution in [-0.4, -0.2) is 16.8 Å². The van der Waals surface area contributed by atoms with Gasteiger partial charge in [-0.2, -0.15) is 0 Å². The second-order valence-corrected chi connectivity index (χ2v) is 8.75. The number of halogens is 2. The maximum atomic E-state index is 14.7. The Labute approximate surface area is 162 Å². The predicted octanol–water partition coefficient (Wildman–Crippen LogP) is 5.87. The lowest BCUT2D eigenvalue weighted by Crippen LogP contribution is -2.26. The van der Waals surface area contributed by atoms with Gasteiger partial charge in [-0.3, -0.25) is 0 Å². The van der Waals surface area contributed by atoms with Crippen LogP contribution in [-0.2, 0) is 0 Å². The third-order valence-corrected chi connectivity index (χ3v) is 7.09. The second-order valence-electron chi connectivity index (χ2n) is 8.75. The van der Waals surface area contributed by atoms with Gasteiger partial charge in [-0.15, -0.1) is 0 Å². The zero-order valence-corrected chi connectivity index (χ0v) is 16.5. The second kappa shape index (κ2) is 9.47. The summed E-state index contributed by atoms with van der Waals surface area (Å²) in [6.07, 6.45) is 8.90. The van der Waals surface area contributed by atoms with Crippen LogP contribution in [0.15, 0.2) is 12.1 Å². The quantitative estimate of drug-likeness (QED) is 0.648. The average Bonchev–Trinajstić information content (AvgIpc) is 2.70. The molecule has 27 heavy (non-hydrogen) atoms. The summed E-state index contributed by atoms with van der Waals surface area (Å²) in [7, 11) is 0. The number of aliphatic hydroxyl groups excluding tert-OH is 2. The van der Waals surface area contributed by atoms with Gasteiger partial charge in [0.15, 0.2) is 11.6 Å². The van der Waals surface area contributed by atoms with Crippen LogP contribution in [0, 0.1) is 29.4 Å². The molecule has 0 saturated heterocycles. The van der Waals surface area contributed by atoms with Crippen LogP contribution in [0.3, 0.4) is 0 Å². The first kappa shape index (κ1) is 20.7. The van der Waals surface area contributed by atoms with Gasteiger partial charge < -0.3 is 10.2 Å². The molecular formula is C23H34F2O2. The van der Waals surface area contributed by atoms with E-state index in [1.54, 1.807) is 12.1 Å². The monoisotopic (exact) mass is 380 g/mol. The van der Waals surface area contributed by atoms with E-state index in [2.05, 4.69) is 0 Å². The lowest BCUT2D eigenvalue weighted by atomic mass is 9.68. The van der Waals surface area contributed by atoms with E-state index < -0.39 is 17.7 Å². The molecule has 0 aliphatic heterocycles. The highest BCUT2D eigenvalue weighted by atomic mass is 19.2. The van der Waals surface area contributed by atoms with Gasteiger partial charge in [0.25, 0.3) is 0 Å². The summed E-state index contributed by atoms with van der Waals surface area (Å²) in [6.45, 7) is 2.23. The Balaban J connectivity index is 1.60. The van der Waals surface area contributed by atoms with E-state index in [1.807, 2.05) is 6.92 Å². The minimum atomic E-state index is -0.927. The van der Waals surface area contributed by atoms with Crippen LogP contribution >= 0.6 is 0 Å². The van der Waals surface area contributed by atoms with Crippen molar-refractivity contribution in [3.05, 3.63) is 34.9 Å². The first-order chi connectivity index (χ1) is 13.0. The Morgan fingerprint density at radius 1 is 0.926 bits per heavy atom. The highest BCUT2D eigenvalue weighted by Gasteiger charge is 2.32. The Morgan fingerprint density at radius 3 is 2.07 bits per heavy atom. The van der Waals surface area contributed by atoms with E-state index in [4.69, 9.17) is 0 Å². The van der Waals surface area contributed by atoms with Gasteiger partial charge in [0, 0.05) is 12.2 Å². The minimum Gasteiger partial charge on any atom is -0.396 e. The van der Waals surface area contributed by atoms with E-state index in [1.165, 1.54) is 12.8 Å². The number of hydrogen-bond acceptors (Lipinski definition) is 2. The highest BCUT2D eigenvalue weighted by Crippen LogP contribution is 2.44. The van der Waals surface area contributed by atoms with Crippen molar-refractivity contribution in [1.29, 1.82) is 0 Å². The molecule has 2 N–H and O–H groups in total. The molecule has 1 unspecified atom stereocenters. The molecule has 0 heterocycles. The fourth-order valence-electron chi connectivity index (χ4n) is 5.32. The normalized spacial score (nSPS) is 30.3. The third kappa shape index (κ3) is 4.71. The molecule has 4 heteroatoms. The molecule has 2 nitrogen and oxygen atoms in total. The van der Waals surface area contributed by atoms with E-state index in [0.717, 1.165) is 50.9 Å². The van der Waals surface area contributed by atoms with Crippen LogP contribution in [0.2, 0.25) is 0 Å². The van der Waals surface area contributed by atoms with Crippen LogP contribution in [0.4, 0.5) is 8.78 Å². The highest BCUT2D eigenvalue weighted by molar-refractivity contribution is 5.30. The predicted molar refractivity (Wildman–Crippen MR) is 103 cm³/mol. The molecule has 1 aromatic rings. The number of aliphatic hydroxyl groups is 2. The molecule has 2 aliphatic rings. The van der Waals surface area contributed by atoms with Crippen molar-refractivity contribution in [2.45, 2.75) is 83.2 Å². The first-order valence-electron chi connectivity index (χ1n) is 10.8. The Bertz CT molecular complexity index is 603. The summed E-state index contributed by atoms with van der Waals surface area (Å²) in [6, 6.07) is 3.28. The molecule has 1 aromatic carbocycles. The maximum Gasteiger partial charge on any atom is 0.164 e. The van der Waals surface area contributed by atoms with Gasteiger partial charge in [0.2, 0.25) is 0 Å². The summed E-state index contributed by atoms with van der Waals surface area (Å²) in [4.78, 5) is 0. The van der Waals surface area contributed by atoms with E-state index >= 15 is 0 Å². The number of rotatable bonds is 6. The van der Waals surface area contributed by atoms with Crippen LogP contribution in [0.5, 0.6) is 0 Å². The van der Waals surface area contributed by atoms with Crippen molar-refractivity contribution in [1.82, 2.24) is 0 Å². The van der Waals surface area contributed by atoms with Gasteiger partial charge in [-0.1, -0.05) is 25.5 Å². The molecule has 3 rings (SSSR count). The van der Waals surface area contributed by atoms with Gasteiger partial charge in [0.05, 0.1) is 6.10 Å². The Kier molecular flexibility index (Phi) is 7.27. The van der Waals surface area contributed by atoms with Gasteiger partial charge in [-0.25, -0.2) is 8.78 Å². The largest absolute Gasteiger partial charge is 0.396 e. The van der Waals surface area contributed by atoms with Crippen molar-refractivity contribution in [2.75, 3.05) is 6.61 Å². The van der Waals surface area contributed by atoms with Crippen LogP contribution < -0.4 is 0 Å². The molecule has 2 fully saturated rings. The zero-order chi connectivity index (χ0) is 19.4. The summed E-state index contributed by atoms with van der Waals surface area (Å²) < 4.78 is 29.1. The lowest BCUT2D eigenvalue weighted by molar-refractivity contribution is 0.123. The Morgan fingerprint density at radius 2 is 1.52 bits per heavy atom. The summed E-state index contributed by atoms with van der Waals surface area (Å²) in [5, 5.41) is 19.3. The average molecular weight is 381 g/mol. The number of hydrogen-bond donors (Lipinski definition) is 2. The molecule has 1 atom stereocenters. The van der Waals surface area contributed by atoms with Crippen molar-refractivity contribution >= 4 is 0 Å². The topological polar surface area (TPSA) is 40.5 Å². The smallest absolute Gasteiger partial charge is 0.164 e. The van der Waals surface area contributed by atoms with Crippen molar-refractivity contribution in [3.8, 4) is 0 Å². The fraction of sp³-hybridized carbons (Fsp3) is 0.739. The molecular weight excluding hydrogens is 346 g/mol. The molecule has 0 amide bonds. The molecule has 152 valence electrons. The summed E-state index contributed by atoms with van der Waals surface area (Å²) in [5.74, 6) is 0.381. The molecule has 2 aliphatic carbocycles. The minimum absolute atomic E-state index is 0.0851. The van der Waals surface area contributed by atoms with E-state index in [9.17, 15) is 19.0 Å². The van der Waals surface area contributed by atoms with Crippen molar-refractivity contribution in [2.24, 2.45) is 17.8 Å². The van der Waals surface area contributed by atoms with Gasteiger partial charge in [-0.05, 0) is 87.0 Å². The molecule has 2 saturated carbocycles. The lowest BCUT2D eigenvalue weighted by Gasteiger charge is -2.37. The molecule has 0 aromatic heterocycles. The van der Waals surface area contributed by atoms with Gasteiger partial charge >= 0.3 is 0 Å². The standard InChI is InChI=1S/C23H34F2O2/c1-2-3-21(27)20-13-12-19(22(24)23(20)25)18-10-8-17(9-11-18)16-6-4-15(14-26)5-7-16/h12-13,15-18,21,26-27H,2-11,14H2,1H3. The summed E-state index contributed by atoms with van der Waals surface area (Å²) in [5.41, 5.74) is 0.579. The van der Waals surface area contributed by atoms with Crippen LogP contribution in [0.1, 0.15) is 94.3 Å². The maximum absolute atomic E-state index is 14.7. The van der Waals surface area contributed by atoms with Crippen molar-refractivity contribution < 1.29 is 19.0 Å². The zero-order valence-electron chi connectivity index (χ0n) is 16.5. The third-order valence-electron chi connectivity index (χ3n) is 7.09. The van der Waals surface area contributed by atoms with Crippen molar-refractivity contribution in [3.63, 3.8) is 0 Å². The summed E-state index contributed by atoms with van der Waals surface area (Å²) >= 11 is 0. The Hall–Kier alpha value is -1.00.